The van der Waals surface area contributed by atoms with Gasteiger partial charge in [-0.1, -0.05) is 19.6 Å². The molecule has 3 fully saturated rings. The van der Waals surface area contributed by atoms with Gasteiger partial charge < -0.3 is 24.4 Å². The average molecular weight is 324 g/mol. The van der Waals surface area contributed by atoms with Crippen molar-refractivity contribution in [2.75, 3.05) is 20.2 Å². The summed E-state index contributed by atoms with van der Waals surface area (Å²) in [6.45, 7) is 8.13. The average Bonchev–Trinajstić information content (AvgIpc) is 2.90. The lowest BCUT2D eigenvalue weighted by Crippen LogP contribution is -2.60. The summed E-state index contributed by atoms with van der Waals surface area (Å²) in [6, 6.07) is -0.423. The van der Waals surface area contributed by atoms with Gasteiger partial charge in [-0.05, 0) is 19.3 Å². The van der Waals surface area contributed by atoms with E-state index in [0.717, 1.165) is 6.42 Å². The Morgan fingerprint density at radius 2 is 2.30 bits per heavy atom. The van der Waals surface area contributed by atoms with E-state index in [0.29, 0.717) is 6.54 Å². The highest BCUT2D eigenvalue weighted by Gasteiger charge is 2.66. The lowest BCUT2D eigenvalue weighted by molar-refractivity contribution is -0.150. The first kappa shape index (κ1) is 16.3. The first-order valence-electron chi connectivity index (χ1n) is 7.97. The summed E-state index contributed by atoms with van der Waals surface area (Å²) in [5, 5.41) is 10.3. The van der Waals surface area contributed by atoms with Crippen molar-refractivity contribution in [3.05, 3.63) is 12.7 Å². The largest absolute Gasteiger partial charge is 0.445 e. The summed E-state index contributed by atoms with van der Waals surface area (Å²) >= 11 is 0. The van der Waals surface area contributed by atoms with Gasteiger partial charge in [-0.3, -0.25) is 4.79 Å². The van der Waals surface area contributed by atoms with Gasteiger partial charge in [-0.2, -0.15) is 0 Å². The van der Waals surface area contributed by atoms with Crippen molar-refractivity contribution in [2.24, 2.45) is 11.8 Å². The van der Waals surface area contributed by atoms with Crippen LogP contribution in [0.4, 0.5) is 4.79 Å². The van der Waals surface area contributed by atoms with Crippen molar-refractivity contribution in [3.8, 4) is 0 Å². The molecule has 2 amide bonds. The molecule has 0 bridgehead atoms. The molecule has 0 radical (unpaired) electrons. The van der Waals surface area contributed by atoms with Gasteiger partial charge in [0.25, 0.3) is 0 Å². The van der Waals surface area contributed by atoms with Crippen molar-refractivity contribution >= 4 is 12.0 Å². The number of carbonyl (C=O) groups is 2. The second-order valence-electron chi connectivity index (χ2n) is 7.06. The zero-order valence-electron chi connectivity index (χ0n) is 13.8. The molecule has 7 nitrogen and oxygen atoms in total. The van der Waals surface area contributed by atoms with Crippen molar-refractivity contribution in [1.29, 1.82) is 0 Å². The lowest BCUT2D eigenvalue weighted by Gasteiger charge is -2.46. The van der Waals surface area contributed by atoms with E-state index in [4.69, 9.17) is 9.47 Å². The first-order chi connectivity index (χ1) is 10.8. The van der Waals surface area contributed by atoms with Crippen molar-refractivity contribution in [1.82, 2.24) is 9.80 Å². The summed E-state index contributed by atoms with van der Waals surface area (Å²) < 4.78 is 11.3. The maximum atomic E-state index is 12.5. The maximum Gasteiger partial charge on any atom is 0.410 e. The predicted octanol–water partition coefficient (Wildman–Crippen LogP) is 0.583. The minimum Gasteiger partial charge on any atom is -0.445 e. The van der Waals surface area contributed by atoms with Gasteiger partial charge in [0.15, 0.2) is 6.23 Å². The molecule has 3 rings (SSSR count). The number of nitrogens with zero attached hydrogens (tertiary/aromatic N) is 2. The molecule has 6 atom stereocenters. The number of aliphatic hydroxyl groups is 1. The molecule has 0 aromatic heterocycles. The second kappa shape index (κ2) is 5.49. The van der Waals surface area contributed by atoms with Gasteiger partial charge in [0.1, 0.15) is 12.7 Å². The fraction of sp³-hybridized carbons (Fsp3) is 0.750. The fourth-order valence-corrected chi connectivity index (χ4v) is 4.42. The van der Waals surface area contributed by atoms with Crippen LogP contribution in [0.3, 0.4) is 0 Å². The Morgan fingerprint density at radius 3 is 2.96 bits per heavy atom. The van der Waals surface area contributed by atoms with Crippen LogP contribution in [0, 0.1) is 11.8 Å². The van der Waals surface area contributed by atoms with Crippen LogP contribution in [-0.2, 0) is 14.3 Å². The molecule has 3 heterocycles. The van der Waals surface area contributed by atoms with Crippen LogP contribution in [0.25, 0.3) is 0 Å². The molecular formula is C16H24N2O5. The Bertz CT molecular complexity index is 539. The van der Waals surface area contributed by atoms with Gasteiger partial charge in [0.2, 0.25) is 5.91 Å². The number of likely N-dealkylation sites (N-methyl/N-ethyl adjacent to an activating group) is 1. The van der Waals surface area contributed by atoms with Crippen LogP contribution in [0.2, 0.25) is 0 Å². The number of ether oxygens (including phenoxy) is 2. The van der Waals surface area contributed by atoms with E-state index in [1.807, 2.05) is 13.8 Å². The highest BCUT2D eigenvalue weighted by atomic mass is 16.6. The van der Waals surface area contributed by atoms with E-state index < -0.39 is 36.0 Å². The Morgan fingerprint density at radius 1 is 1.61 bits per heavy atom. The number of rotatable bonds is 2. The highest BCUT2D eigenvalue weighted by molar-refractivity contribution is 5.84. The van der Waals surface area contributed by atoms with Gasteiger partial charge in [0, 0.05) is 13.6 Å². The maximum absolute atomic E-state index is 12.5. The van der Waals surface area contributed by atoms with E-state index in [1.165, 1.54) is 11.0 Å². The molecule has 0 spiro atoms. The number of carbonyl (C=O) groups excluding carboxylic acids is 2. The van der Waals surface area contributed by atoms with Crippen LogP contribution >= 0.6 is 0 Å². The molecule has 23 heavy (non-hydrogen) atoms. The van der Waals surface area contributed by atoms with Crippen molar-refractivity contribution in [3.63, 3.8) is 0 Å². The summed E-state index contributed by atoms with van der Waals surface area (Å²) in [6.07, 6.45) is 0.198. The first-order valence-corrected chi connectivity index (χ1v) is 7.97. The Hall–Kier alpha value is -1.60. The molecule has 3 aliphatic rings. The predicted molar refractivity (Wildman–Crippen MR) is 81.4 cm³/mol. The molecule has 7 heteroatoms. The Balaban J connectivity index is 1.94. The van der Waals surface area contributed by atoms with Crippen LogP contribution in [0.15, 0.2) is 12.7 Å². The molecule has 3 aliphatic heterocycles. The third-order valence-electron chi connectivity index (χ3n) is 5.21. The summed E-state index contributed by atoms with van der Waals surface area (Å²) in [4.78, 5) is 27.9. The minimum atomic E-state index is -0.976. The molecule has 0 unspecified atom stereocenters. The monoisotopic (exact) mass is 324 g/mol. The molecule has 0 aromatic rings. The quantitative estimate of drug-likeness (QED) is 0.752. The number of fused-ring (bicyclic) bond motifs is 3. The molecule has 128 valence electrons. The standard InChI is InChI=1S/C16H24N2O5/c1-5-6-22-15(21)18-8-9(2)7-16(3)12(18)10-11(23-16)14(20)17(4)13(10)19/h5,9-12,14,20H,1,6-8H2,2-4H3/t9-,10+,11+,12+,14+,16+/m1/s1. The molecule has 0 saturated carbocycles. The Labute approximate surface area is 135 Å². The number of piperidine rings is 1. The van der Waals surface area contributed by atoms with E-state index >= 15 is 0 Å². The zero-order chi connectivity index (χ0) is 16.9. The van der Waals surface area contributed by atoms with Gasteiger partial charge >= 0.3 is 6.09 Å². The van der Waals surface area contributed by atoms with E-state index in [9.17, 15) is 14.7 Å². The molecular weight excluding hydrogens is 300 g/mol. The van der Waals surface area contributed by atoms with E-state index in [1.54, 1.807) is 11.9 Å². The summed E-state index contributed by atoms with van der Waals surface area (Å²) in [5.41, 5.74) is -0.655. The van der Waals surface area contributed by atoms with Gasteiger partial charge in [0.05, 0.1) is 17.6 Å². The summed E-state index contributed by atoms with van der Waals surface area (Å²) in [7, 11) is 1.55. The minimum absolute atomic E-state index is 0.124. The van der Waals surface area contributed by atoms with Gasteiger partial charge in [-0.15, -0.1) is 0 Å². The number of amides is 2. The number of hydrogen-bond acceptors (Lipinski definition) is 5. The summed E-state index contributed by atoms with van der Waals surface area (Å²) in [5.74, 6) is -0.521. The lowest BCUT2D eigenvalue weighted by atomic mass is 9.77. The van der Waals surface area contributed by atoms with Crippen LogP contribution in [0.5, 0.6) is 0 Å². The number of likely N-dealkylation sites (tertiary alicyclic amines) is 2. The fourth-order valence-electron chi connectivity index (χ4n) is 4.42. The molecule has 0 aliphatic carbocycles. The highest BCUT2D eigenvalue weighted by Crippen LogP contribution is 2.49. The SMILES string of the molecule is C=CCOC(=O)N1C[C@H](C)C[C@]2(C)O[C@H]3[C@H](C(=O)N(C)[C@H]3O)[C@H]12. The number of hydrogen-bond donors (Lipinski definition) is 1. The zero-order valence-corrected chi connectivity index (χ0v) is 13.8. The third-order valence-corrected chi connectivity index (χ3v) is 5.21. The molecule has 3 saturated heterocycles. The van der Waals surface area contributed by atoms with Crippen molar-refractivity contribution < 1.29 is 24.2 Å². The number of aliphatic hydroxyl groups excluding tert-OH is 1. The van der Waals surface area contributed by atoms with Gasteiger partial charge in [-0.25, -0.2) is 4.79 Å². The van der Waals surface area contributed by atoms with E-state index in [-0.39, 0.29) is 18.4 Å². The second-order valence-corrected chi connectivity index (χ2v) is 7.06. The third kappa shape index (κ3) is 2.33. The molecule has 0 aromatic carbocycles. The van der Waals surface area contributed by atoms with Crippen LogP contribution in [-0.4, -0.2) is 71.1 Å². The normalized spacial score (nSPS) is 42.4. The topological polar surface area (TPSA) is 79.3 Å². The smallest absolute Gasteiger partial charge is 0.410 e. The molecule has 1 N–H and O–H groups in total. The van der Waals surface area contributed by atoms with E-state index in [2.05, 4.69) is 6.58 Å². The van der Waals surface area contributed by atoms with Crippen molar-refractivity contribution in [2.45, 2.75) is 44.2 Å². The van der Waals surface area contributed by atoms with Crippen LogP contribution < -0.4 is 0 Å². The Kier molecular flexibility index (Phi) is 3.88. The van der Waals surface area contributed by atoms with Crippen LogP contribution in [0.1, 0.15) is 20.3 Å².